The fourth-order valence-electron chi connectivity index (χ4n) is 2.13. The van der Waals surface area contributed by atoms with E-state index in [1.807, 2.05) is 31.2 Å². The van der Waals surface area contributed by atoms with E-state index in [9.17, 15) is 14.7 Å². The second kappa shape index (κ2) is 5.87. The molecule has 0 radical (unpaired) electrons. The van der Waals surface area contributed by atoms with Gasteiger partial charge in [0, 0.05) is 4.90 Å². The first-order chi connectivity index (χ1) is 9.43. The van der Waals surface area contributed by atoms with Gasteiger partial charge in [-0.1, -0.05) is 17.7 Å². The molecule has 1 atom stereocenters. The lowest BCUT2D eigenvalue weighted by Crippen LogP contribution is -2.60. The van der Waals surface area contributed by atoms with Crippen molar-refractivity contribution >= 4 is 23.6 Å². The average molecular weight is 293 g/mol. The molecule has 0 heterocycles. The largest absolute Gasteiger partial charge is 0.480 e. The van der Waals surface area contributed by atoms with E-state index in [4.69, 9.17) is 0 Å². The van der Waals surface area contributed by atoms with Crippen molar-refractivity contribution in [1.29, 1.82) is 0 Å². The second-order valence-corrected chi connectivity index (χ2v) is 6.72. The molecule has 1 saturated carbocycles. The lowest BCUT2D eigenvalue weighted by molar-refractivity contribution is -0.151. The Balaban J connectivity index is 1.95. The summed E-state index contributed by atoms with van der Waals surface area (Å²) in [6.45, 7) is 3.81. The molecule has 1 aliphatic rings. The molecule has 0 aliphatic heterocycles. The van der Waals surface area contributed by atoms with Gasteiger partial charge < -0.3 is 10.4 Å². The summed E-state index contributed by atoms with van der Waals surface area (Å²) in [6, 6.07) is 7.94. The number of hydrogen-bond donors (Lipinski definition) is 2. The molecule has 5 heteroatoms. The zero-order valence-corrected chi connectivity index (χ0v) is 12.5. The number of hydrogen-bond acceptors (Lipinski definition) is 3. The van der Waals surface area contributed by atoms with Gasteiger partial charge in [0.1, 0.15) is 5.54 Å². The van der Waals surface area contributed by atoms with E-state index >= 15 is 0 Å². The van der Waals surface area contributed by atoms with Gasteiger partial charge in [-0.25, -0.2) is 4.79 Å². The number of thioether (sulfide) groups is 1. The highest BCUT2D eigenvalue weighted by Gasteiger charge is 2.46. The molecule has 1 fully saturated rings. The Hall–Kier alpha value is -1.49. The standard InChI is InChI=1S/C15H19NO3S/c1-10-4-6-12(7-5-10)20-11(2)13(17)16-15(14(18)19)8-3-9-15/h4-7,11H,3,8-9H2,1-2H3,(H,16,17)(H,18,19). The Bertz CT molecular complexity index is 508. The molecule has 0 spiro atoms. The van der Waals surface area contributed by atoms with Crippen LogP contribution in [0.25, 0.3) is 0 Å². The smallest absolute Gasteiger partial charge is 0.329 e. The Morgan fingerprint density at radius 1 is 1.30 bits per heavy atom. The van der Waals surface area contributed by atoms with Crippen LogP contribution in [0.3, 0.4) is 0 Å². The molecule has 0 aromatic heterocycles. The van der Waals surface area contributed by atoms with Crippen molar-refractivity contribution in [2.75, 3.05) is 0 Å². The number of carbonyl (C=O) groups is 2. The van der Waals surface area contributed by atoms with E-state index in [0.29, 0.717) is 12.8 Å². The summed E-state index contributed by atoms with van der Waals surface area (Å²) < 4.78 is 0. The number of aliphatic carboxylic acids is 1. The third-order valence-corrected chi connectivity index (χ3v) is 4.79. The molecule has 1 aromatic rings. The lowest BCUT2D eigenvalue weighted by Gasteiger charge is -2.38. The van der Waals surface area contributed by atoms with Crippen molar-refractivity contribution in [3.05, 3.63) is 29.8 Å². The minimum Gasteiger partial charge on any atom is -0.480 e. The van der Waals surface area contributed by atoms with Gasteiger partial charge in [-0.3, -0.25) is 4.79 Å². The van der Waals surface area contributed by atoms with E-state index in [1.54, 1.807) is 6.92 Å². The third kappa shape index (κ3) is 3.15. The predicted octanol–water partition coefficient (Wildman–Crippen LogP) is 2.60. The molecular weight excluding hydrogens is 274 g/mol. The van der Waals surface area contributed by atoms with Crippen molar-refractivity contribution in [2.24, 2.45) is 0 Å². The second-order valence-electron chi connectivity index (χ2n) is 5.30. The van der Waals surface area contributed by atoms with Crippen LogP contribution in [0, 0.1) is 6.92 Å². The molecule has 108 valence electrons. The van der Waals surface area contributed by atoms with Crippen molar-refractivity contribution in [2.45, 2.75) is 48.8 Å². The number of rotatable bonds is 5. The van der Waals surface area contributed by atoms with Crippen LogP contribution in [0.5, 0.6) is 0 Å². The summed E-state index contributed by atoms with van der Waals surface area (Å²) in [5.41, 5.74) is 0.143. The SMILES string of the molecule is Cc1ccc(SC(C)C(=O)NC2(C(=O)O)CCC2)cc1. The maximum absolute atomic E-state index is 12.1. The van der Waals surface area contributed by atoms with Crippen LogP contribution in [0.15, 0.2) is 29.2 Å². The highest BCUT2D eigenvalue weighted by molar-refractivity contribution is 8.00. The van der Waals surface area contributed by atoms with Crippen LogP contribution in [-0.4, -0.2) is 27.8 Å². The fourth-order valence-corrected chi connectivity index (χ4v) is 3.00. The van der Waals surface area contributed by atoms with Gasteiger partial charge in [-0.15, -0.1) is 11.8 Å². The Labute approximate surface area is 123 Å². The van der Waals surface area contributed by atoms with Gasteiger partial charge in [0.2, 0.25) is 5.91 Å². The van der Waals surface area contributed by atoms with Crippen LogP contribution in [0.4, 0.5) is 0 Å². The molecular formula is C15H19NO3S. The van der Waals surface area contributed by atoms with Gasteiger partial charge in [0.15, 0.2) is 0 Å². The maximum atomic E-state index is 12.1. The van der Waals surface area contributed by atoms with E-state index in [1.165, 1.54) is 17.3 Å². The van der Waals surface area contributed by atoms with Gasteiger partial charge in [-0.2, -0.15) is 0 Å². The summed E-state index contributed by atoms with van der Waals surface area (Å²) in [4.78, 5) is 24.4. The predicted molar refractivity (Wildman–Crippen MR) is 78.9 cm³/mol. The van der Waals surface area contributed by atoms with Crippen LogP contribution < -0.4 is 5.32 Å². The first kappa shape index (κ1) is 14.9. The van der Waals surface area contributed by atoms with E-state index in [2.05, 4.69) is 5.32 Å². The van der Waals surface area contributed by atoms with Crippen molar-refractivity contribution in [1.82, 2.24) is 5.32 Å². The quantitative estimate of drug-likeness (QED) is 0.819. The number of carbonyl (C=O) groups excluding carboxylic acids is 1. The molecule has 1 unspecified atom stereocenters. The van der Waals surface area contributed by atoms with Crippen molar-refractivity contribution in [3.63, 3.8) is 0 Å². The van der Waals surface area contributed by atoms with Gasteiger partial charge in [0.05, 0.1) is 5.25 Å². The summed E-state index contributed by atoms with van der Waals surface area (Å²) in [5.74, 6) is -1.14. The summed E-state index contributed by atoms with van der Waals surface area (Å²) in [5, 5.41) is 11.6. The van der Waals surface area contributed by atoms with Crippen LogP contribution in [0.2, 0.25) is 0 Å². The highest BCUT2D eigenvalue weighted by Crippen LogP contribution is 2.33. The number of aryl methyl sites for hydroxylation is 1. The van der Waals surface area contributed by atoms with Crippen molar-refractivity contribution < 1.29 is 14.7 Å². The monoisotopic (exact) mass is 293 g/mol. The molecule has 1 aromatic carbocycles. The van der Waals surface area contributed by atoms with E-state index in [0.717, 1.165) is 11.3 Å². The van der Waals surface area contributed by atoms with Crippen LogP contribution in [-0.2, 0) is 9.59 Å². The molecule has 0 bridgehead atoms. The van der Waals surface area contributed by atoms with E-state index in [-0.39, 0.29) is 11.2 Å². The minimum atomic E-state index is -1.03. The zero-order valence-electron chi connectivity index (χ0n) is 11.7. The summed E-state index contributed by atoms with van der Waals surface area (Å²) in [7, 11) is 0. The topological polar surface area (TPSA) is 66.4 Å². The maximum Gasteiger partial charge on any atom is 0.329 e. The number of carboxylic acids is 1. The molecule has 1 aliphatic carbocycles. The number of carboxylic acid groups (broad SMARTS) is 1. The number of amides is 1. The average Bonchev–Trinajstić information content (AvgIpc) is 2.35. The minimum absolute atomic E-state index is 0.210. The van der Waals surface area contributed by atoms with E-state index < -0.39 is 11.5 Å². The molecule has 0 saturated heterocycles. The Morgan fingerprint density at radius 3 is 2.35 bits per heavy atom. The molecule has 2 rings (SSSR count). The van der Waals surface area contributed by atoms with Gasteiger partial charge in [-0.05, 0) is 45.2 Å². The van der Waals surface area contributed by atoms with Gasteiger partial charge >= 0.3 is 5.97 Å². The van der Waals surface area contributed by atoms with Gasteiger partial charge in [0.25, 0.3) is 0 Å². The summed E-state index contributed by atoms with van der Waals surface area (Å²) in [6.07, 6.45) is 1.90. The summed E-state index contributed by atoms with van der Waals surface area (Å²) >= 11 is 1.44. The van der Waals surface area contributed by atoms with Crippen LogP contribution in [0.1, 0.15) is 31.7 Å². The Kier molecular flexibility index (Phi) is 4.38. The first-order valence-electron chi connectivity index (χ1n) is 6.72. The number of benzene rings is 1. The van der Waals surface area contributed by atoms with Crippen molar-refractivity contribution in [3.8, 4) is 0 Å². The van der Waals surface area contributed by atoms with Crippen LogP contribution >= 0.6 is 11.8 Å². The third-order valence-electron chi connectivity index (χ3n) is 3.68. The highest BCUT2D eigenvalue weighted by atomic mass is 32.2. The Morgan fingerprint density at radius 2 is 1.90 bits per heavy atom. The number of nitrogens with one attached hydrogen (secondary N) is 1. The zero-order chi connectivity index (χ0) is 14.8. The molecule has 2 N–H and O–H groups in total. The normalized spacial score (nSPS) is 17.9. The molecule has 1 amide bonds. The molecule has 4 nitrogen and oxygen atoms in total. The molecule has 20 heavy (non-hydrogen) atoms. The lowest BCUT2D eigenvalue weighted by atomic mass is 9.76. The first-order valence-corrected chi connectivity index (χ1v) is 7.60. The fraction of sp³-hybridized carbons (Fsp3) is 0.467.